The van der Waals surface area contributed by atoms with Crippen LogP contribution in [0.1, 0.15) is 29.6 Å². The SMILES string of the molecule is CN(C#N)C(=O)[C@H](CC1CCNCC1)NC(=O)c1ccccc1. The van der Waals surface area contributed by atoms with Gasteiger partial charge in [-0.05, 0) is 50.4 Å². The number of hydrogen-bond acceptors (Lipinski definition) is 4. The van der Waals surface area contributed by atoms with Gasteiger partial charge in [0.1, 0.15) is 6.04 Å². The zero-order chi connectivity index (χ0) is 16.7. The summed E-state index contributed by atoms with van der Waals surface area (Å²) in [7, 11) is 1.42. The lowest BCUT2D eigenvalue weighted by molar-refractivity contribution is -0.129. The van der Waals surface area contributed by atoms with Crippen LogP contribution in [-0.4, -0.2) is 42.9 Å². The van der Waals surface area contributed by atoms with E-state index in [-0.39, 0.29) is 11.8 Å². The van der Waals surface area contributed by atoms with Crippen molar-refractivity contribution in [3.8, 4) is 6.19 Å². The van der Waals surface area contributed by atoms with Gasteiger partial charge in [0.25, 0.3) is 11.8 Å². The average Bonchev–Trinajstić information content (AvgIpc) is 2.61. The lowest BCUT2D eigenvalue weighted by Gasteiger charge is -2.27. The van der Waals surface area contributed by atoms with Crippen LogP contribution in [0, 0.1) is 17.4 Å². The summed E-state index contributed by atoms with van der Waals surface area (Å²) in [6.45, 7) is 1.85. The molecule has 6 heteroatoms. The first kappa shape index (κ1) is 17.0. The zero-order valence-corrected chi connectivity index (χ0v) is 13.3. The molecular formula is C17H22N4O2. The minimum absolute atomic E-state index is 0.288. The summed E-state index contributed by atoms with van der Waals surface area (Å²) in [6, 6.07) is 8.12. The number of carbonyl (C=O) groups is 2. The van der Waals surface area contributed by atoms with Gasteiger partial charge < -0.3 is 10.6 Å². The Bertz CT molecular complexity index is 576. The van der Waals surface area contributed by atoms with E-state index in [1.807, 2.05) is 12.3 Å². The van der Waals surface area contributed by atoms with E-state index in [2.05, 4.69) is 10.6 Å². The molecule has 6 nitrogen and oxygen atoms in total. The van der Waals surface area contributed by atoms with Crippen LogP contribution in [0.4, 0.5) is 0 Å². The highest BCUT2D eigenvalue weighted by molar-refractivity contribution is 5.97. The van der Waals surface area contributed by atoms with E-state index in [4.69, 9.17) is 5.26 Å². The third-order valence-corrected chi connectivity index (χ3v) is 4.15. The van der Waals surface area contributed by atoms with E-state index in [0.717, 1.165) is 30.8 Å². The van der Waals surface area contributed by atoms with E-state index < -0.39 is 6.04 Å². The van der Waals surface area contributed by atoms with Crippen LogP contribution in [0.2, 0.25) is 0 Å². The van der Waals surface area contributed by atoms with Gasteiger partial charge in [0, 0.05) is 12.6 Å². The first-order chi connectivity index (χ1) is 11.1. The lowest BCUT2D eigenvalue weighted by Crippen LogP contribution is -2.47. The molecule has 1 heterocycles. The van der Waals surface area contributed by atoms with Crippen molar-refractivity contribution in [2.24, 2.45) is 5.92 Å². The smallest absolute Gasteiger partial charge is 0.257 e. The van der Waals surface area contributed by atoms with Crippen LogP contribution in [-0.2, 0) is 4.79 Å². The van der Waals surface area contributed by atoms with Gasteiger partial charge in [-0.15, -0.1) is 0 Å². The fourth-order valence-corrected chi connectivity index (χ4v) is 2.79. The molecule has 0 aromatic heterocycles. The van der Waals surface area contributed by atoms with Crippen LogP contribution >= 0.6 is 0 Å². The Morgan fingerprint density at radius 2 is 2.00 bits per heavy atom. The molecule has 2 N–H and O–H groups in total. The number of nitrogens with zero attached hydrogens (tertiary/aromatic N) is 2. The average molecular weight is 314 g/mol. The molecule has 0 spiro atoms. The van der Waals surface area contributed by atoms with E-state index >= 15 is 0 Å². The molecule has 122 valence electrons. The Kier molecular flexibility index (Phi) is 6.12. The van der Waals surface area contributed by atoms with Crippen molar-refractivity contribution in [3.05, 3.63) is 35.9 Å². The highest BCUT2D eigenvalue weighted by atomic mass is 16.2. The standard InChI is InChI=1S/C17H22N4O2/c1-21(12-18)17(23)15(11-13-7-9-19-10-8-13)20-16(22)14-5-3-2-4-6-14/h2-6,13,15,19H,7-11H2,1H3,(H,20,22)/t15-/m0/s1. The number of hydrogen-bond donors (Lipinski definition) is 2. The van der Waals surface area contributed by atoms with Gasteiger partial charge in [-0.3, -0.25) is 14.5 Å². The van der Waals surface area contributed by atoms with Gasteiger partial charge >= 0.3 is 0 Å². The first-order valence-electron chi connectivity index (χ1n) is 7.85. The summed E-state index contributed by atoms with van der Waals surface area (Å²) in [5, 5.41) is 15.0. The molecule has 1 atom stereocenters. The Hall–Kier alpha value is -2.39. The van der Waals surface area contributed by atoms with E-state index in [9.17, 15) is 9.59 Å². The van der Waals surface area contributed by atoms with Crippen molar-refractivity contribution in [2.75, 3.05) is 20.1 Å². The van der Waals surface area contributed by atoms with Gasteiger partial charge in [-0.25, -0.2) is 0 Å². The minimum Gasteiger partial charge on any atom is -0.340 e. The van der Waals surface area contributed by atoms with Crippen molar-refractivity contribution in [1.82, 2.24) is 15.5 Å². The Balaban J connectivity index is 2.07. The number of rotatable bonds is 5. The van der Waals surface area contributed by atoms with Crippen LogP contribution < -0.4 is 10.6 Å². The van der Waals surface area contributed by atoms with Gasteiger partial charge in [0.05, 0.1) is 0 Å². The molecule has 1 aliphatic rings. The molecular weight excluding hydrogens is 292 g/mol. The second-order valence-electron chi connectivity index (χ2n) is 5.82. The molecule has 2 amide bonds. The molecule has 0 aliphatic carbocycles. The molecule has 1 fully saturated rings. The Labute approximate surface area is 136 Å². The lowest BCUT2D eigenvalue weighted by atomic mass is 9.90. The minimum atomic E-state index is -0.671. The van der Waals surface area contributed by atoms with Crippen molar-refractivity contribution >= 4 is 11.8 Å². The zero-order valence-electron chi connectivity index (χ0n) is 13.3. The first-order valence-corrected chi connectivity index (χ1v) is 7.85. The quantitative estimate of drug-likeness (QED) is 0.630. The van der Waals surface area contributed by atoms with Crippen LogP contribution in [0.3, 0.4) is 0 Å². The third-order valence-electron chi connectivity index (χ3n) is 4.15. The number of amides is 2. The third kappa shape index (κ3) is 4.80. The van der Waals surface area contributed by atoms with Crippen molar-refractivity contribution < 1.29 is 9.59 Å². The number of piperidine rings is 1. The van der Waals surface area contributed by atoms with Crippen molar-refractivity contribution in [1.29, 1.82) is 5.26 Å². The maximum Gasteiger partial charge on any atom is 0.257 e. The molecule has 1 saturated heterocycles. The van der Waals surface area contributed by atoms with Gasteiger partial charge in [0.15, 0.2) is 6.19 Å². The topological polar surface area (TPSA) is 85.2 Å². The highest BCUT2D eigenvalue weighted by Crippen LogP contribution is 2.19. The maximum absolute atomic E-state index is 12.4. The predicted molar refractivity (Wildman–Crippen MR) is 86.3 cm³/mol. The molecule has 1 aliphatic heterocycles. The molecule has 1 aromatic rings. The van der Waals surface area contributed by atoms with Crippen LogP contribution in [0.25, 0.3) is 0 Å². The Morgan fingerprint density at radius 3 is 2.61 bits per heavy atom. The second-order valence-corrected chi connectivity index (χ2v) is 5.82. The fraction of sp³-hybridized carbons (Fsp3) is 0.471. The van der Waals surface area contributed by atoms with Crippen LogP contribution in [0.15, 0.2) is 30.3 Å². The largest absolute Gasteiger partial charge is 0.340 e. The number of benzene rings is 1. The number of nitriles is 1. The monoisotopic (exact) mass is 314 g/mol. The predicted octanol–water partition coefficient (Wildman–Crippen LogP) is 1.11. The normalized spacial score (nSPS) is 16.2. The molecule has 2 rings (SSSR count). The van der Waals surface area contributed by atoms with Crippen LogP contribution in [0.5, 0.6) is 0 Å². The summed E-state index contributed by atoms with van der Waals surface area (Å²) in [6.07, 6.45) is 4.32. The van der Waals surface area contributed by atoms with Gasteiger partial charge in [-0.2, -0.15) is 5.26 Å². The number of likely N-dealkylation sites (N-methyl/N-ethyl adjacent to an activating group) is 1. The van der Waals surface area contributed by atoms with Gasteiger partial charge in [-0.1, -0.05) is 18.2 Å². The Morgan fingerprint density at radius 1 is 1.35 bits per heavy atom. The molecule has 0 unspecified atom stereocenters. The second kappa shape index (κ2) is 8.30. The fourth-order valence-electron chi connectivity index (χ4n) is 2.79. The van der Waals surface area contributed by atoms with E-state index in [1.165, 1.54) is 7.05 Å². The summed E-state index contributed by atoms with van der Waals surface area (Å²) in [5.74, 6) is -0.284. The van der Waals surface area contributed by atoms with Gasteiger partial charge in [0.2, 0.25) is 0 Å². The number of carbonyl (C=O) groups excluding carboxylic acids is 2. The molecule has 0 radical (unpaired) electrons. The van der Waals surface area contributed by atoms with E-state index in [1.54, 1.807) is 24.3 Å². The highest BCUT2D eigenvalue weighted by Gasteiger charge is 2.28. The summed E-state index contributed by atoms with van der Waals surface area (Å²) >= 11 is 0. The number of nitrogens with one attached hydrogen (secondary N) is 2. The summed E-state index contributed by atoms with van der Waals surface area (Å²) in [5.41, 5.74) is 0.509. The maximum atomic E-state index is 12.4. The van der Waals surface area contributed by atoms with E-state index in [0.29, 0.717) is 17.9 Å². The molecule has 0 saturated carbocycles. The molecule has 0 bridgehead atoms. The van der Waals surface area contributed by atoms with Crippen molar-refractivity contribution in [3.63, 3.8) is 0 Å². The summed E-state index contributed by atoms with van der Waals surface area (Å²) < 4.78 is 0. The molecule has 23 heavy (non-hydrogen) atoms. The molecule has 1 aromatic carbocycles. The van der Waals surface area contributed by atoms with Crippen molar-refractivity contribution in [2.45, 2.75) is 25.3 Å². The summed E-state index contributed by atoms with van der Waals surface area (Å²) in [4.78, 5) is 25.7.